The molecule has 23 heavy (non-hydrogen) atoms. The summed E-state index contributed by atoms with van der Waals surface area (Å²) in [6, 6.07) is 8.66. The number of carbonyl (C=O) groups excluding carboxylic acids is 1. The number of amides is 1. The molecule has 1 saturated heterocycles. The predicted molar refractivity (Wildman–Crippen MR) is 80.5 cm³/mol. The van der Waals surface area contributed by atoms with Gasteiger partial charge in [0.05, 0.1) is 32.4 Å². The van der Waals surface area contributed by atoms with Gasteiger partial charge >= 0.3 is 0 Å². The lowest BCUT2D eigenvalue weighted by Gasteiger charge is -2.23. The van der Waals surface area contributed by atoms with Gasteiger partial charge in [0.1, 0.15) is 5.75 Å². The van der Waals surface area contributed by atoms with Crippen LogP contribution in [0.4, 0.5) is 0 Å². The third-order valence-electron chi connectivity index (χ3n) is 3.93. The Morgan fingerprint density at radius 1 is 1.35 bits per heavy atom. The minimum Gasteiger partial charge on any atom is -0.497 e. The van der Waals surface area contributed by atoms with Crippen LogP contribution in [0, 0.1) is 0 Å². The highest BCUT2D eigenvalue weighted by molar-refractivity contribution is 5.92. The number of carbonyl (C=O) groups is 1. The van der Waals surface area contributed by atoms with Gasteiger partial charge in [0.25, 0.3) is 11.8 Å². The van der Waals surface area contributed by atoms with Gasteiger partial charge in [0.15, 0.2) is 0 Å². The fourth-order valence-electron chi connectivity index (χ4n) is 2.80. The van der Waals surface area contributed by atoms with Crippen LogP contribution in [-0.4, -0.2) is 47.9 Å². The van der Waals surface area contributed by atoms with Crippen LogP contribution in [0.15, 0.2) is 34.9 Å². The Balaban J connectivity index is 1.88. The Morgan fingerprint density at radius 3 is 2.87 bits per heavy atom. The van der Waals surface area contributed by atoms with E-state index >= 15 is 0 Å². The van der Waals surface area contributed by atoms with Crippen molar-refractivity contribution in [2.24, 2.45) is 0 Å². The van der Waals surface area contributed by atoms with Crippen molar-refractivity contribution in [1.82, 2.24) is 10.1 Å². The number of rotatable bonds is 4. The van der Waals surface area contributed by atoms with Gasteiger partial charge in [-0.25, -0.2) is 0 Å². The summed E-state index contributed by atoms with van der Waals surface area (Å²) in [5, 5.41) is 13.7. The quantitative estimate of drug-likeness (QED) is 0.922. The number of hydrogen-bond donors (Lipinski definition) is 1. The van der Waals surface area contributed by atoms with Gasteiger partial charge in [-0.15, -0.1) is 0 Å². The van der Waals surface area contributed by atoms with Crippen molar-refractivity contribution >= 4 is 5.91 Å². The summed E-state index contributed by atoms with van der Waals surface area (Å²) >= 11 is 0. The van der Waals surface area contributed by atoms with E-state index < -0.39 is 6.10 Å². The van der Waals surface area contributed by atoms with Crippen LogP contribution in [0.1, 0.15) is 28.6 Å². The van der Waals surface area contributed by atoms with Crippen LogP contribution in [0.3, 0.4) is 0 Å². The molecule has 0 bridgehead atoms. The molecule has 1 amide bonds. The Bertz CT molecular complexity index is 699. The molecule has 122 valence electrons. The molecule has 1 N–H and O–H groups in total. The SMILES string of the molecule is COc1cccc([C@H]2C[C@@H](O)CN2C(=O)c2cc(OC)no2)c1. The lowest BCUT2D eigenvalue weighted by molar-refractivity contribution is 0.0673. The van der Waals surface area contributed by atoms with Crippen LogP contribution in [-0.2, 0) is 0 Å². The summed E-state index contributed by atoms with van der Waals surface area (Å²) in [4.78, 5) is 14.2. The topological polar surface area (TPSA) is 85.0 Å². The maximum absolute atomic E-state index is 12.7. The zero-order valence-corrected chi connectivity index (χ0v) is 12.9. The fraction of sp³-hybridized carbons (Fsp3) is 0.375. The summed E-state index contributed by atoms with van der Waals surface area (Å²) in [5.74, 6) is 0.706. The molecule has 0 unspecified atom stereocenters. The number of aliphatic hydroxyl groups is 1. The van der Waals surface area contributed by atoms with Gasteiger partial charge in [-0.1, -0.05) is 12.1 Å². The molecule has 0 aliphatic carbocycles. The molecule has 1 fully saturated rings. The van der Waals surface area contributed by atoms with Crippen molar-refractivity contribution in [2.75, 3.05) is 20.8 Å². The number of β-amino-alcohol motifs (C(OH)–C–C–N with tert-alkyl or cyclic N) is 1. The van der Waals surface area contributed by atoms with Crippen molar-refractivity contribution in [3.8, 4) is 11.6 Å². The Kier molecular flexibility index (Phi) is 4.20. The highest BCUT2D eigenvalue weighted by Crippen LogP contribution is 2.35. The third kappa shape index (κ3) is 3.00. The van der Waals surface area contributed by atoms with Crippen LogP contribution in [0.5, 0.6) is 11.6 Å². The van der Waals surface area contributed by atoms with Gasteiger partial charge in [0, 0.05) is 6.54 Å². The first kappa shape index (κ1) is 15.4. The Labute approximate surface area is 133 Å². The standard InChI is InChI=1S/C16H18N2O5/c1-21-12-5-3-4-10(6-12)13-7-11(19)9-18(13)16(20)14-8-15(22-2)17-23-14/h3-6,8,11,13,19H,7,9H2,1-2H3/t11-,13-/m1/s1. The van der Waals surface area contributed by atoms with E-state index in [1.807, 2.05) is 24.3 Å². The van der Waals surface area contributed by atoms with Crippen molar-refractivity contribution in [3.63, 3.8) is 0 Å². The smallest absolute Gasteiger partial charge is 0.293 e. The van der Waals surface area contributed by atoms with Crippen molar-refractivity contribution in [3.05, 3.63) is 41.7 Å². The van der Waals surface area contributed by atoms with E-state index in [9.17, 15) is 9.90 Å². The molecule has 1 aliphatic rings. The molecule has 2 atom stereocenters. The van der Waals surface area contributed by atoms with Gasteiger partial charge in [-0.2, -0.15) is 0 Å². The lowest BCUT2D eigenvalue weighted by Crippen LogP contribution is -2.31. The molecule has 1 aliphatic heterocycles. The monoisotopic (exact) mass is 318 g/mol. The van der Waals surface area contributed by atoms with E-state index in [1.165, 1.54) is 13.2 Å². The maximum atomic E-state index is 12.7. The van der Waals surface area contributed by atoms with Crippen molar-refractivity contribution in [1.29, 1.82) is 0 Å². The molecular weight excluding hydrogens is 300 g/mol. The van der Waals surface area contributed by atoms with E-state index in [-0.39, 0.29) is 30.1 Å². The van der Waals surface area contributed by atoms with E-state index in [2.05, 4.69) is 5.16 Å². The zero-order valence-electron chi connectivity index (χ0n) is 12.9. The van der Waals surface area contributed by atoms with E-state index in [1.54, 1.807) is 12.0 Å². The first-order valence-electron chi connectivity index (χ1n) is 7.26. The minimum absolute atomic E-state index is 0.0869. The lowest BCUT2D eigenvalue weighted by atomic mass is 10.0. The first-order chi connectivity index (χ1) is 11.1. The van der Waals surface area contributed by atoms with Gasteiger partial charge in [0.2, 0.25) is 5.76 Å². The first-order valence-corrected chi connectivity index (χ1v) is 7.26. The van der Waals surface area contributed by atoms with Crippen molar-refractivity contribution in [2.45, 2.75) is 18.6 Å². The van der Waals surface area contributed by atoms with Gasteiger partial charge in [-0.3, -0.25) is 4.79 Å². The van der Waals surface area contributed by atoms with Crippen molar-refractivity contribution < 1.29 is 23.9 Å². The predicted octanol–water partition coefficient (Wildman–Crippen LogP) is 1.64. The van der Waals surface area contributed by atoms with Crippen LogP contribution in [0.25, 0.3) is 0 Å². The van der Waals surface area contributed by atoms with Crippen LogP contribution >= 0.6 is 0 Å². The number of ether oxygens (including phenoxy) is 2. The number of nitrogens with zero attached hydrogens (tertiary/aromatic N) is 2. The van der Waals surface area contributed by atoms with E-state index in [0.717, 1.165) is 5.56 Å². The molecule has 0 radical (unpaired) electrons. The van der Waals surface area contributed by atoms with E-state index in [4.69, 9.17) is 14.0 Å². The number of likely N-dealkylation sites (tertiary alicyclic amines) is 1. The summed E-state index contributed by atoms with van der Waals surface area (Å²) in [6.45, 7) is 0.240. The molecule has 0 saturated carbocycles. The average Bonchev–Trinajstić information content (AvgIpc) is 3.20. The molecule has 3 rings (SSSR count). The van der Waals surface area contributed by atoms with Gasteiger partial charge < -0.3 is 24.0 Å². The van der Waals surface area contributed by atoms with Crippen LogP contribution < -0.4 is 9.47 Å². The number of methoxy groups -OCH3 is 2. The molecule has 7 heteroatoms. The highest BCUT2D eigenvalue weighted by atomic mass is 16.5. The Hall–Kier alpha value is -2.54. The zero-order chi connectivity index (χ0) is 16.4. The molecule has 2 aromatic rings. The normalized spacial score (nSPS) is 20.6. The number of aromatic nitrogens is 1. The fourth-order valence-corrected chi connectivity index (χ4v) is 2.80. The second kappa shape index (κ2) is 6.29. The molecule has 2 heterocycles. The minimum atomic E-state index is -0.583. The molecular formula is C16H18N2O5. The highest BCUT2D eigenvalue weighted by Gasteiger charge is 2.37. The summed E-state index contributed by atoms with van der Waals surface area (Å²) in [7, 11) is 3.04. The molecule has 0 spiro atoms. The maximum Gasteiger partial charge on any atom is 0.293 e. The summed E-state index contributed by atoms with van der Waals surface area (Å²) in [6.07, 6.45) is -0.121. The van der Waals surface area contributed by atoms with E-state index in [0.29, 0.717) is 12.2 Å². The third-order valence-corrected chi connectivity index (χ3v) is 3.93. The second-order valence-corrected chi connectivity index (χ2v) is 5.37. The molecule has 7 nitrogen and oxygen atoms in total. The molecule has 1 aromatic carbocycles. The number of benzene rings is 1. The average molecular weight is 318 g/mol. The van der Waals surface area contributed by atoms with Gasteiger partial charge in [-0.05, 0) is 29.3 Å². The largest absolute Gasteiger partial charge is 0.497 e. The summed E-state index contributed by atoms with van der Waals surface area (Å²) in [5.41, 5.74) is 0.903. The number of aliphatic hydroxyl groups excluding tert-OH is 1. The number of hydrogen-bond acceptors (Lipinski definition) is 6. The Morgan fingerprint density at radius 2 is 2.17 bits per heavy atom. The summed E-state index contributed by atoms with van der Waals surface area (Å²) < 4.78 is 15.2. The second-order valence-electron chi connectivity index (χ2n) is 5.37. The van der Waals surface area contributed by atoms with Crippen LogP contribution in [0.2, 0.25) is 0 Å². The molecule has 1 aromatic heterocycles.